The lowest BCUT2D eigenvalue weighted by Gasteiger charge is -2.64. The molecule has 6 heteroatoms. The maximum atomic E-state index is 13.4. The van der Waals surface area contributed by atoms with Crippen LogP contribution in [0.25, 0.3) is 0 Å². The summed E-state index contributed by atoms with van der Waals surface area (Å²) in [4.78, 5) is 28.9. The van der Waals surface area contributed by atoms with Crippen molar-refractivity contribution in [1.29, 1.82) is 0 Å². The fourth-order valence-electron chi connectivity index (χ4n) is 7.16. The fourth-order valence-corrected chi connectivity index (χ4v) is 7.16. The standard InChI is InChI=1S/C27H30N2O4/c1-16-3-5-17(6-4-16)7-10-22(32)28-27-12-11-20(31)25-26(27)13-14-29(2)21(27)15-18-8-9-19(30)24(33-25)23(18)26/h3-6,8-9,21,25,30H,7,10-15H2,1-2H3,(H,28,32)/t21-,25+,26+,27-/m1/s1. The summed E-state index contributed by atoms with van der Waals surface area (Å²) in [5.41, 5.74) is 3.22. The first-order chi connectivity index (χ1) is 15.9. The molecule has 1 spiro atoms. The molecular weight excluding hydrogens is 416 g/mol. The number of likely N-dealkylation sites (tertiary alicyclic amines) is 1. The van der Waals surface area contributed by atoms with Crippen molar-refractivity contribution in [2.75, 3.05) is 13.6 Å². The van der Waals surface area contributed by atoms with Gasteiger partial charge < -0.3 is 20.1 Å². The van der Waals surface area contributed by atoms with Gasteiger partial charge >= 0.3 is 0 Å². The lowest BCUT2D eigenvalue weighted by atomic mass is 9.47. The number of ether oxygens (including phenoxy) is 1. The van der Waals surface area contributed by atoms with Gasteiger partial charge in [0.2, 0.25) is 5.91 Å². The van der Waals surface area contributed by atoms with Crippen LogP contribution in [-0.4, -0.2) is 53.0 Å². The average Bonchev–Trinajstić information content (AvgIpc) is 3.16. The minimum atomic E-state index is -0.651. The van der Waals surface area contributed by atoms with Crippen molar-refractivity contribution in [2.24, 2.45) is 0 Å². The predicted molar refractivity (Wildman–Crippen MR) is 124 cm³/mol. The van der Waals surface area contributed by atoms with Gasteiger partial charge in [0, 0.05) is 24.4 Å². The van der Waals surface area contributed by atoms with Gasteiger partial charge in [-0.05, 0) is 63.4 Å². The van der Waals surface area contributed by atoms with Gasteiger partial charge in [0.15, 0.2) is 23.4 Å². The van der Waals surface area contributed by atoms with Crippen molar-refractivity contribution < 1.29 is 19.4 Å². The van der Waals surface area contributed by atoms with Crippen molar-refractivity contribution in [2.45, 2.75) is 68.5 Å². The molecule has 2 aliphatic heterocycles. The Balaban J connectivity index is 1.40. The second-order valence-electron chi connectivity index (χ2n) is 10.3. The maximum Gasteiger partial charge on any atom is 0.220 e. The number of Topliss-reactive ketones (excluding diaryl/α,β-unsaturated/α-hetero) is 1. The number of phenolic OH excluding ortho intramolecular Hbond substituents is 1. The Hall–Kier alpha value is -2.86. The van der Waals surface area contributed by atoms with Gasteiger partial charge in [-0.25, -0.2) is 0 Å². The number of hydrogen-bond acceptors (Lipinski definition) is 5. The van der Waals surface area contributed by atoms with Crippen LogP contribution in [0.3, 0.4) is 0 Å². The Morgan fingerprint density at radius 3 is 2.79 bits per heavy atom. The van der Waals surface area contributed by atoms with Crippen molar-refractivity contribution in [3.63, 3.8) is 0 Å². The van der Waals surface area contributed by atoms with Crippen LogP contribution < -0.4 is 10.1 Å². The molecule has 33 heavy (non-hydrogen) atoms. The van der Waals surface area contributed by atoms with E-state index in [1.165, 1.54) is 5.56 Å². The summed E-state index contributed by atoms with van der Waals surface area (Å²) in [6, 6.07) is 12.0. The van der Waals surface area contributed by atoms with E-state index >= 15 is 0 Å². The van der Waals surface area contributed by atoms with Gasteiger partial charge in [0.1, 0.15) is 0 Å². The van der Waals surface area contributed by atoms with E-state index < -0.39 is 17.1 Å². The zero-order valence-corrected chi connectivity index (χ0v) is 19.2. The molecule has 0 unspecified atom stereocenters. The van der Waals surface area contributed by atoms with E-state index in [1.807, 2.05) is 6.07 Å². The molecule has 1 saturated heterocycles. The number of amides is 1. The van der Waals surface area contributed by atoms with Gasteiger partial charge in [-0.2, -0.15) is 0 Å². The van der Waals surface area contributed by atoms with Crippen LogP contribution in [0, 0.1) is 6.92 Å². The summed E-state index contributed by atoms with van der Waals surface area (Å²) in [7, 11) is 2.12. The molecule has 2 aromatic carbocycles. The number of carbonyl (C=O) groups excluding carboxylic acids is 2. The zero-order valence-electron chi connectivity index (χ0n) is 19.2. The Morgan fingerprint density at radius 2 is 2.00 bits per heavy atom. The van der Waals surface area contributed by atoms with Gasteiger partial charge in [0.25, 0.3) is 0 Å². The quantitative estimate of drug-likeness (QED) is 0.755. The van der Waals surface area contributed by atoms with E-state index in [9.17, 15) is 14.7 Å². The second kappa shape index (κ2) is 7.07. The molecule has 172 valence electrons. The molecule has 0 radical (unpaired) electrons. The summed E-state index contributed by atoms with van der Waals surface area (Å²) >= 11 is 0. The second-order valence-corrected chi connectivity index (χ2v) is 10.3. The molecule has 6 rings (SSSR count). The van der Waals surface area contributed by atoms with E-state index in [2.05, 4.69) is 48.5 Å². The molecule has 2 aliphatic carbocycles. The van der Waals surface area contributed by atoms with E-state index in [0.717, 1.165) is 36.1 Å². The minimum Gasteiger partial charge on any atom is -0.504 e. The van der Waals surface area contributed by atoms with Crippen LogP contribution in [0.1, 0.15) is 47.9 Å². The van der Waals surface area contributed by atoms with Crippen LogP contribution in [0.2, 0.25) is 0 Å². The highest BCUT2D eigenvalue weighted by atomic mass is 16.5. The lowest BCUT2D eigenvalue weighted by molar-refractivity contribution is -0.148. The highest BCUT2D eigenvalue weighted by molar-refractivity contribution is 5.91. The van der Waals surface area contributed by atoms with E-state index in [0.29, 0.717) is 31.4 Å². The average molecular weight is 447 g/mol. The number of piperidine rings is 1. The fraction of sp³-hybridized carbons (Fsp3) is 0.481. The highest BCUT2D eigenvalue weighted by Crippen LogP contribution is 2.64. The maximum absolute atomic E-state index is 13.4. The molecule has 2 fully saturated rings. The first-order valence-electron chi connectivity index (χ1n) is 12.0. The van der Waals surface area contributed by atoms with Crippen molar-refractivity contribution in [3.05, 3.63) is 58.7 Å². The van der Waals surface area contributed by atoms with Crippen molar-refractivity contribution in [1.82, 2.24) is 10.2 Å². The minimum absolute atomic E-state index is 0.0143. The Labute approximate surface area is 193 Å². The molecule has 0 aromatic heterocycles. The summed E-state index contributed by atoms with van der Waals surface area (Å²) in [5.74, 6) is 0.628. The summed E-state index contributed by atoms with van der Waals surface area (Å²) in [6.45, 7) is 2.88. The first-order valence-corrected chi connectivity index (χ1v) is 12.0. The van der Waals surface area contributed by atoms with E-state index in [4.69, 9.17) is 4.74 Å². The van der Waals surface area contributed by atoms with Gasteiger partial charge in [-0.15, -0.1) is 0 Å². The number of carbonyl (C=O) groups is 2. The van der Waals surface area contributed by atoms with E-state index in [1.54, 1.807) is 6.07 Å². The number of benzene rings is 2. The number of nitrogens with zero attached hydrogens (tertiary/aromatic N) is 1. The molecule has 2 heterocycles. The molecular formula is C27H30N2O4. The lowest BCUT2D eigenvalue weighted by Crippen LogP contribution is -2.81. The first kappa shape index (κ1) is 20.7. The molecule has 1 saturated carbocycles. The van der Waals surface area contributed by atoms with Crippen LogP contribution in [0.15, 0.2) is 36.4 Å². The normalized spacial score (nSPS) is 31.6. The third-order valence-corrected chi connectivity index (χ3v) is 8.70. The highest BCUT2D eigenvalue weighted by Gasteiger charge is 2.73. The third-order valence-electron chi connectivity index (χ3n) is 8.70. The van der Waals surface area contributed by atoms with Crippen LogP contribution >= 0.6 is 0 Å². The smallest absolute Gasteiger partial charge is 0.220 e. The number of nitrogens with one attached hydrogen (secondary N) is 1. The van der Waals surface area contributed by atoms with E-state index in [-0.39, 0.29) is 23.5 Å². The van der Waals surface area contributed by atoms with Gasteiger partial charge in [0.05, 0.1) is 11.0 Å². The van der Waals surface area contributed by atoms with Crippen molar-refractivity contribution >= 4 is 11.7 Å². The number of aryl methyl sites for hydroxylation is 2. The number of ketones is 1. The zero-order chi connectivity index (χ0) is 23.0. The molecule has 2 N–H and O–H groups in total. The number of rotatable bonds is 4. The monoisotopic (exact) mass is 446 g/mol. The third kappa shape index (κ3) is 2.70. The van der Waals surface area contributed by atoms with Crippen LogP contribution in [0.4, 0.5) is 0 Å². The Kier molecular flexibility index (Phi) is 4.44. The van der Waals surface area contributed by atoms with Crippen LogP contribution in [-0.2, 0) is 27.8 Å². The number of likely N-dealkylation sites (N-methyl/N-ethyl adjacent to an activating group) is 1. The molecule has 1 amide bonds. The van der Waals surface area contributed by atoms with Crippen molar-refractivity contribution in [3.8, 4) is 11.5 Å². The molecule has 2 aromatic rings. The summed E-state index contributed by atoms with van der Waals surface area (Å²) < 4.78 is 6.23. The Bertz CT molecular complexity index is 1160. The molecule has 6 nitrogen and oxygen atoms in total. The number of phenols is 1. The number of hydrogen-bond donors (Lipinski definition) is 2. The molecule has 2 bridgehead atoms. The van der Waals surface area contributed by atoms with Crippen LogP contribution in [0.5, 0.6) is 11.5 Å². The summed E-state index contributed by atoms with van der Waals surface area (Å²) in [5, 5.41) is 14.1. The van der Waals surface area contributed by atoms with Gasteiger partial charge in [-0.3, -0.25) is 9.59 Å². The predicted octanol–water partition coefficient (Wildman–Crippen LogP) is 2.81. The Morgan fingerprint density at radius 1 is 1.21 bits per heavy atom. The molecule has 4 atom stereocenters. The number of aromatic hydroxyl groups is 1. The van der Waals surface area contributed by atoms with Gasteiger partial charge in [-0.1, -0.05) is 35.9 Å². The summed E-state index contributed by atoms with van der Waals surface area (Å²) in [6.07, 6.45) is 2.89. The topological polar surface area (TPSA) is 78.9 Å². The largest absolute Gasteiger partial charge is 0.504 e. The SMILES string of the molecule is Cc1ccc(CCC(=O)N[C@@]23CCC(=O)[C@@H]4Oc5c(O)ccc6c5[C@@]42CCN(C)[C@@H]3C6)cc1. The molecule has 4 aliphatic rings.